The summed E-state index contributed by atoms with van der Waals surface area (Å²) in [5.41, 5.74) is 1.70. The summed E-state index contributed by atoms with van der Waals surface area (Å²) in [6, 6.07) is 13.0. The Labute approximate surface area is 295 Å². The number of phenolic OH excluding ortho intramolecular Hbond substituents is 1. The van der Waals surface area contributed by atoms with Crippen LogP contribution in [0.2, 0.25) is 0 Å². The van der Waals surface area contributed by atoms with Crippen molar-refractivity contribution in [2.75, 3.05) is 23.7 Å². The topological polar surface area (TPSA) is 170 Å². The number of nitrogens with one attached hydrogen (secondary N) is 2. The molecule has 7 aromatic rings. The number of fused-ring (bicyclic) bond motifs is 2. The Hall–Kier alpha value is -6.79. The molecule has 0 spiro atoms. The van der Waals surface area contributed by atoms with Crippen molar-refractivity contribution in [3.8, 4) is 17.4 Å². The largest absolute Gasteiger partial charge is 0.508 e. The number of benzene rings is 2. The van der Waals surface area contributed by atoms with E-state index in [1.54, 1.807) is 36.7 Å². The van der Waals surface area contributed by atoms with Crippen LogP contribution in [0.4, 0.5) is 38.0 Å². The molecule has 19 heteroatoms. The Bertz CT molecular complexity index is 2320. The second-order valence-electron chi connectivity index (χ2n) is 10.9. The second kappa shape index (κ2) is 16.0. The summed E-state index contributed by atoms with van der Waals surface area (Å²) in [6.07, 6.45) is 4.93. The van der Waals surface area contributed by atoms with Crippen LogP contribution >= 0.6 is 0 Å². The first-order chi connectivity index (χ1) is 25.6. The van der Waals surface area contributed by atoms with Crippen LogP contribution in [0.1, 0.15) is 16.7 Å². The third-order valence-electron chi connectivity index (χ3n) is 7.32. The number of nitrogens with zero attached hydrogens (tertiary/aromatic N) is 9. The Kier molecular flexibility index (Phi) is 10.9. The van der Waals surface area contributed by atoms with Gasteiger partial charge in [-0.25, -0.2) is 48.7 Å². The van der Waals surface area contributed by atoms with Crippen molar-refractivity contribution in [2.45, 2.75) is 19.0 Å². The van der Waals surface area contributed by atoms with Gasteiger partial charge in [-0.3, -0.25) is 0 Å². The molecule has 0 bridgehead atoms. The molecule has 0 radical (unpaired) electrons. The van der Waals surface area contributed by atoms with Crippen molar-refractivity contribution < 1.29 is 36.2 Å². The van der Waals surface area contributed by atoms with Gasteiger partial charge in [0.05, 0.1) is 0 Å². The molecule has 0 aliphatic heterocycles. The van der Waals surface area contributed by atoms with Crippen LogP contribution in [0, 0.1) is 17.6 Å². The van der Waals surface area contributed by atoms with Gasteiger partial charge < -0.3 is 20.5 Å². The van der Waals surface area contributed by atoms with Gasteiger partial charge >= 0.3 is 6.18 Å². The van der Waals surface area contributed by atoms with E-state index in [1.165, 1.54) is 37.2 Å². The number of pyridine rings is 1. The zero-order chi connectivity index (χ0) is 37.4. The number of aromatic nitrogens is 9. The predicted octanol–water partition coefficient (Wildman–Crippen LogP) is 6.48. The van der Waals surface area contributed by atoms with Gasteiger partial charge in [0, 0.05) is 37.9 Å². The third kappa shape index (κ3) is 8.93. The maximum atomic E-state index is 14.1. The van der Waals surface area contributed by atoms with Crippen LogP contribution < -0.4 is 15.4 Å². The minimum absolute atomic E-state index is 0.116. The van der Waals surface area contributed by atoms with Gasteiger partial charge in [0.2, 0.25) is 5.82 Å². The van der Waals surface area contributed by atoms with Crippen molar-refractivity contribution in [1.82, 2.24) is 44.9 Å². The SMILES string of the molecule is Fc1nc(Oc2ccc(CCNc3ncnc4nccnc34)cc2)c(F)c(C(F)(F)F)c1F.Oc1ccc(CCNc2ncnc3nccnc23)cc1. The van der Waals surface area contributed by atoms with Gasteiger partial charge in [0.25, 0.3) is 11.8 Å². The van der Waals surface area contributed by atoms with Gasteiger partial charge in [-0.2, -0.15) is 22.5 Å². The quantitative estimate of drug-likeness (QED) is 0.103. The fourth-order valence-corrected chi connectivity index (χ4v) is 4.81. The van der Waals surface area contributed by atoms with Gasteiger partial charge in [-0.15, -0.1) is 0 Å². The molecule has 0 saturated carbocycles. The molecule has 5 aromatic heterocycles. The van der Waals surface area contributed by atoms with Crippen molar-refractivity contribution in [2.24, 2.45) is 0 Å². The summed E-state index contributed by atoms with van der Waals surface area (Å²) in [5.74, 6) is -6.69. The number of anilines is 2. The average molecular weight is 734 g/mol. The van der Waals surface area contributed by atoms with E-state index in [9.17, 15) is 31.4 Å². The predicted molar refractivity (Wildman–Crippen MR) is 178 cm³/mol. The number of hydrogen-bond donors (Lipinski definition) is 3. The molecule has 53 heavy (non-hydrogen) atoms. The van der Waals surface area contributed by atoms with Gasteiger partial charge in [-0.05, 0) is 48.2 Å². The number of ether oxygens (including phenoxy) is 1. The van der Waals surface area contributed by atoms with E-state index in [-0.39, 0.29) is 11.5 Å². The fourth-order valence-electron chi connectivity index (χ4n) is 4.81. The highest BCUT2D eigenvalue weighted by Gasteiger charge is 2.41. The molecule has 0 fully saturated rings. The summed E-state index contributed by atoms with van der Waals surface area (Å²) in [5, 5.41) is 15.6. The molecule has 0 saturated heterocycles. The molecule has 0 atom stereocenters. The molecule has 0 aliphatic rings. The summed E-state index contributed by atoms with van der Waals surface area (Å²) < 4.78 is 84.3. The normalized spacial score (nSPS) is 11.2. The summed E-state index contributed by atoms with van der Waals surface area (Å²) in [6.45, 7) is 1.16. The smallest absolute Gasteiger partial charge is 0.422 e. The number of hydrogen-bond acceptors (Lipinski definition) is 13. The molecular weight excluding hydrogens is 708 g/mol. The summed E-state index contributed by atoms with van der Waals surface area (Å²) in [7, 11) is 0. The highest BCUT2D eigenvalue weighted by molar-refractivity contribution is 5.82. The van der Waals surface area contributed by atoms with Crippen LogP contribution in [-0.4, -0.2) is 63.1 Å². The van der Waals surface area contributed by atoms with Crippen LogP contribution in [0.5, 0.6) is 17.4 Å². The Balaban J connectivity index is 0.000000204. The van der Waals surface area contributed by atoms with Crippen LogP contribution in [-0.2, 0) is 19.0 Å². The van der Waals surface area contributed by atoms with Crippen LogP contribution in [0.15, 0.2) is 86.0 Å². The minimum Gasteiger partial charge on any atom is -0.508 e. The monoisotopic (exact) mass is 733 g/mol. The van der Waals surface area contributed by atoms with Crippen LogP contribution in [0.3, 0.4) is 0 Å². The molecule has 270 valence electrons. The molecular formula is C34H25F6N11O2. The van der Waals surface area contributed by atoms with Crippen LogP contribution in [0.25, 0.3) is 22.3 Å². The number of aromatic hydroxyl groups is 1. The van der Waals surface area contributed by atoms with E-state index in [2.05, 4.69) is 55.5 Å². The zero-order valence-electron chi connectivity index (χ0n) is 27.1. The fraction of sp³-hybridized carbons (Fsp3) is 0.147. The molecule has 2 aromatic carbocycles. The van der Waals surface area contributed by atoms with Crippen molar-refractivity contribution in [3.63, 3.8) is 0 Å². The molecule has 3 N–H and O–H groups in total. The number of halogens is 6. The van der Waals surface area contributed by atoms with Crippen molar-refractivity contribution in [3.05, 3.63) is 120 Å². The Morgan fingerprint density at radius 2 is 1.09 bits per heavy atom. The lowest BCUT2D eigenvalue weighted by Crippen LogP contribution is -2.15. The molecule has 13 nitrogen and oxygen atoms in total. The molecule has 5 heterocycles. The Morgan fingerprint density at radius 1 is 0.604 bits per heavy atom. The molecule has 0 unspecified atom stereocenters. The lowest BCUT2D eigenvalue weighted by molar-refractivity contribution is -0.143. The van der Waals surface area contributed by atoms with Gasteiger partial charge in [0.15, 0.2) is 28.7 Å². The van der Waals surface area contributed by atoms with E-state index < -0.39 is 35.2 Å². The first-order valence-electron chi connectivity index (χ1n) is 15.5. The average Bonchev–Trinajstić information content (AvgIpc) is 3.15. The summed E-state index contributed by atoms with van der Waals surface area (Å²) in [4.78, 5) is 35.8. The second-order valence-corrected chi connectivity index (χ2v) is 10.9. The molecule has 7 rings (SSSR count). The van der Waals surface area contributed by atoms with Crippen molar-refractivity contribution >= 4 is 34.0 Å². The van der Waals surface area contributed by atoms with E-state index in [0.717, 1.165) is 17.5 Å². The number of phenols is 1. The maximum Gasteiger partial charge on any atom is 0.422 e. The van der Waals surface area contributed by atoms with E-state index in [1.807, 2.05) is 12.1 Å². The van der Waals surface area contributed by atoms with Gasteiger partial charge in [-0.1, -0.05) is 24.3 Å². The zero-order valence-corrected chi connectivity index (χ0v) is 27.1. The first-order valence-corrected chi connectivity index (χ1v) is 15.5. The van der Waals surface area contributed by atoms with E-state index in [0.29, 0.717) is 53.5 Å². The molecule has 0 aliphatic carbocycles. The van der Waals surface area contributed by atoms with E-state index in [4.69, 9.17) is 4.74 Å². The van der Waals surface area contributed by atoms with E-state index >= 15 is 0 Å². The third-order valence-corrected chi connectivity index (χ3v) is 7.32. The minimum atomic E-state index is -5.46. The van der Waals surface area contributed by atoms with Crippen molar-refractivity contribution in [1.29, 1.82) is 0 Å². The highest BCUT2D eigenvalue weighted by atomic mass is 19.4. The Morgan fingerprint density at radius 3 is 1.60 bits per heavy atom. The maximum absolute atomic E-state index is 14.1. The lowest BCUT2D eigenvalue weighted by atomic mass is 10.1. The van der Waals surface area contributed by atoms with Gasteiger partial charge in [0.1, 0.15) is 40.8 Å². The molecule has 0 amide bonds. The lowest BCUT2D eigenvalue weighted by Gasteiger charge is -2.13. The standard InChI is InChI=1S/C20H12F6N6O.C14H13N5O/c21-13-12(20(24,25)26)14(22)19(32-16(13)23)33-11-3-1-10(2-4-11)5-6-28-17-15-18(31-9-30-17)29-8-7-27-15;20-11-3-1-10(2-4-11)5-6-16-13-12-14(19-9-18-13)17-8-7-15-12/h1-4,7-9H,5-6H2,(H,28,29,30,31);1-4,7-9,20H,5-6H2,(H,16,17,18,19). The highest BCUT2D eigenvalue weighted by Crippen LogP contribution is 2.38. The number of rotatable bonds is 10. The first kappa shape index (κ1) is 36.0. The summed E-state index contributed by atoms with van der Waals surface area (Å²) >= 11 is 0. The number of alkyl halides is 3.